The van der Waals surface area contributed by atoms with Gasteiger partial charge in [-0.3, -0.25) is 14.4 Å². The van der Waals surface area contributed by atoms with Gasteiger partial charge in [-0.25, -0.2) is 0 Å². The van der Waals surface area contributed by atoms with Crippen molar-refractivity contribution in [3.8, 4) is 35.5 Å². The lowest BCUT2D eigenvalue weighted by atomic mass is 10.1. The maximum Gasteiger partial charge on any atom is 0.231 e. The molecule has 0 aromatic heterocycles. The van der Waals surface area contributed by atoms with Crippen LogP contribution in [0.4, 0.5) is 0 Å². The van der Waals surface area contributed by atoms with Crippen LogP contribution in [0, 0.1) is 35.5 Å². The first-order valence-electron chi connectivity index (χ1n) is 25.4. The number of rotatable bonds is 15. The Morgan fingerprint density at radius 3 is 0.679 bits per heavy atom. The van der Waals surface area contributed by atoms with Gasteiger partial charge in [-0.05, 0) is 87.5 Å². The Hall–Kier alpha value is -10.7. The molecule has 6 nitrogen and oxygen atoms in total. The number of hydrogen-bond acceptors (Lipinski definition) is 6. The van der Waals surface area contributed by atoms with E-state index in [1.807, 2.05) is 273 Å². The van der Waals surface area contributed by atoms with Gasteiger partial charge in [0.15, 0.2) is 0 Å². The molecule has 78 heavy (non-hydrogen) atoms. The van der Waals surface area contributed by atoms with Gasteiger partial charge >= 0.3 is 0 Å². The summed E-state index contributed by atoms with van der Waals surface area (Å²) in [6.07, 6.45) is 4.69. The molecule has 0 saturated carbocycles. The minimum atomic E-state index is -0.228. The minimum Gasteiger partial charge on any atom is -0.380 e. The van der Waals surface area contributed by atoms with Crippen LogP contribution >= 0.6 is 0 Å². The van der Waals surface area contributed by atoms with E-state index in [0.717, 1.165) is 67.2 Å². The van der Waals surface area contributed by atoms with Crippen molar-refractivity contribution in [2.24, 2.45) is 0 Å². The van der Waals surface area contributed by atoms with Gasteiger partial charge in [-0.15, -0.1) is 0 Å². The molecule has 0 aliphatic rings. The summed E-state index contributed by atoms with van der Waals surface area (Å²) in [6.45, 7) is 1.92. The molecular weight excluding hydrogens is 955 g/mol. The summed E-state index contributed by atoms with van der Waals surface area (Å²) in [6, 6.07) is 88.2. The fraction of sp³-hybridized carbons (Fsp3) is 0.0417. The van der Waals surface area contributed by atoms with Gasteiger partial charge in [0.25, 0.3) is 0 Å². The highest BCUT2D eigenvalue weighted by Gasteiger charge is 2.07. The Bertz CT molecular complexity index is 3190. The van der Waals surface area contributed by atoms with Crippen LogP contribution in [0.2, 0.25) is 0 Å². The molecule has 9 rings (SSSR count). The van der Waals surface area contributed by atoms with Crippen molar-refractivity contribution in [2.45, 2.75) is 19.6 Å². The molecule has 0 aliphatic heterocycles. The first kappa shape index (κ1) is 55.0. The second-order valence-electron chi connectivity index (χ2n) is 17.2. The third kappa shape index (κ3) is 20.3. The van der Waals surface area contributed by atoms with Crippen molar-refractivity contribution in [3.63, 3.8) is 0 Å². The van der Waals surface area contributed by atoms with Gasteiger partial charge in [0, 0.05) is 71.6 Å². The zero-order valence-electron chi connectivity index (χ0n) is 43.1. The van der Waals surface area contributed by atoms with Crippen LogP contribution in [0.5, 0.6) is 0 Å². The van der Waals surface area contributed by atoms with Crippen LogP contribution in [-0.2, 0) is 34.0 Å². The standard InChI is InChI=1S/3C24H19NO/c3*26-23(17-16-20-10-4-1-5-11-20)18-24(22-14-8-3-9-15-22)25-19-21-12-6-2-7-13-21/h3*1-15,18,25H,19H2/b3*24-18-. The average molecular weight is 1010 g/mol. The number of benzene rings is 9. The summed E-state index contributed by atoms with van der Waals surface area (Å²) in [5.41, 5.74) is 11.1. The Kier molecular flexibility index (Phi) is 22.4. The quantitative estimate of drug-likeness (QED) is 0.0701. The van der Waals surface area contributed by atoms with E-state index in [-0.39, 0.29) is 17.3 Å². The lowest BCUT2D eigenvalue weighted by Crippen LogP contribution is -2.13. The smallest absolute Gasteiger partial charge is 0.231 e. The molecule has 9 aromatic rings. The van der Waals surface area contributed by atoms with E-state index in [0.29, 0.717) is 19.6 Å². The molecule has 378 valence electrons. The fourth-order valence-electron chi connectivity index (χ4n) is 7.41. The van der Waals surface area contributed by atoms with Gasteiger partial charge in [0.05, 0.1) is 0 Å². The molecule has 0 bridgehead atoms. The molecule has 0 unspecified atom stereocenters. The van der Waals surface area contributed by atoms with Crippen molar-refractivity contribution < 1.29 is 14.4 Å². The van der Waals surface area contributed by atoms with Crippen molar-refractivity contribution in [1.82, 2.24) is 16.0 Å². The van der Waals surface area contributed by atoms with Crippen LogP contribution in [0.3, 0.4) is 0 Å². The Morgan fingerprint density at radius 1 is 0.269 bits per heavy atom. The predicted octanol–water partition coefficient (Wildman–Crippen LogP) is 13.3. The number of hydrogen-bond donors (Lipinski definition) is 3. The Morgan fingerprint density at radius 2 is 0.462 bits per heavy atom. The van der Waals surface area contributed by atoms with Gasteiger partial charge in [-0.1, -0.05) is 254 Å². The number of allylic oxidation sites excluding steroid dienone is 3. The summed E-state index contributed by atoms with van der Waals surface area (Å²) in [7, 11) is 0. The third-order valence-corrected chi connectivity index (χ3v) is 11.4. The highest BCUT2D eigenvalue weighted by Crippen LogP contribution is 2.16. The second kappa shape index (κ2) is 31.8. The van der Waals surface area contributed by atoms with Crippen molar-refractivity contribution in [1.29, 1.82) is 0 Å². The molecular formula is C72H57N3O3. The average Bonchev–Trinajstić information content (AvgIpc) is 3.51. The molecule has 0 amide bonds. The number of carbonyl (C=O) groups is 3. The first-order valence-corrected chi connectivity index (χ1v) is 25.4. The summed E-state index contributed by atoms with van der Waals surface area (Å²) in [4.78, 5) is 37.0. The fourth-order valence-corrected chi connectivity index (χ4v) is 7.41. The maximum absolute atomic E-state index is 12.3. The lowest BCUT2D eigenvalue weighted by molar-refractivity contribution is -0.110. The van der Waals surface area contributed by atoms with Gasteiger partial charge in [0.2, 0.25) is 17.3 Å². The molecule has 0 aliphatic carbocycles. The molecule has 0 heterocycles. The van der Waals surface area contributed by atoms with E-state index in [1.54, 1.807) is 18.2 Å². The van der Waals surface area contributed by atoms with E-state index in [1.165, 1.54) is 0 Å². The van der Waals surface area contributed by atoms with E-state index >= 15 is 0 Å². The number of ketones is 3. The molecule has 0 atom stereocenters. The van der Waals surface area contributed by atoms with Crippen molar-refractivity contribution in [2.75, 3.05) is 0 Å². The highest BCUT2D eigenvalue weighted by atomic mass is 16.1. The van der Waals surface area contributed by atoms with Gasteiger partial charge < -0.3 is 16.0 Å². The van der Waals surface area contributed by atoms with E-state index in [9.17, 15) is 14.4 Å². The molecule has 0 saturated heterocycles. The van der Waals surface area contributed by atoms with Crippen LogP contribution in [0.15, 0.2) is 291 Å². The Labute approximate surface area is 459 Å². The number of nitrogens with one attached hydrogen (secondary N) is 3. The van der Waals surface area contributed by atoms with Crippen LogP contribution in [0.25, 0.3) is 17.1 Å². The van der Waals surface area contributed by atoms with Gasteiger partial charge in [-0.2, -0.15) is 0 Å². The number of carbonyl (C=O) groups excluding carboxylic acids is 3. The van der Waals surface area contributed by atoms with E-state index < -0.39 is 0 Å². The van der Waals surface area contributed by atoms with Crippen LogP contribution < -0.4 is 16.0 Å². The van der Waals surface area contributed by atoms with Crippen molar-refractivity contribution in [3.05, 3.63) is 341 Å². The van der Waals surface area contributed by atoms with Crippen LogP contribution in [-0.4, -0.2) is 17.3 Å². The monoisotopic (exact) mass is 1010 g/mol. The zero-order chi connectivity index (χ0) is 54.1. The van der Waals surface area contributed by atoms with E-state index in [2.05, 4.69) is 51.5 Å². The van der Waals surface area contributed by atoms with Crippen molar-refractivity contribution >= 4 is 34.4 Å². The largest absolute Gasteiger partial charge is 0.380 e. The van der Waals surface area contributed by atoms with Gasteiger partial charge in [0.1, 0.15) is 0 Å². The molecule has 3 N–H and O–H groups in total. The van der Waals surface area contributed by atoms with E-state index in [4.69, 9.17) is 0 Å². The minimum absolute atomic E-state index is 0.228. The molecule has 6 heteroatoms. The SMILES string of the molecule is O=C(C#Cc1ccccc1)/C=C(\NCc1ccccc1)c1ccccc1.O=C(C#Cc1ccccc1)/C=C(\NCc1ccccc1)c1ccccc1.O=C(C#Cc1ccccc1)/C=C(\NCc1ccccc1)c1ccccc1. The summed E-state index contributed by atoms with van der Waals surface area (Å²) >= 11 is 0. The predicted molar refractivity (Wildman–Crippen MR) is 318 cm³/mol. The normalized spacial score (nSPS) is 10.5. The molecule has 9 aromatic carbocycles. The topological polar surface area (TPSA) is 87.3 Å². The molecule has 0 radical (unpaired) electrons. The second-order valence-corrected chi connectivity index (χ2v) is 17.2. The lowest BCUT2D eigenvalue weighted by Gasteiger charge is -2.11. The highest BCUT2D eigenvalue weighted by molar-refractivity contribution is 6.09. The summed E-state index contributed by atoms with van der Waals surface area (Å²) in [5, 5.41) is 10.1. The Balaban J connectivity index is 0.000000170. The zero-order valence-corrected chi connectivity index (χ0v) is 43.1. The first-order chi connectivity index (χ1) is 38.4. The molecule has 0 spiro atoms. The molecule has 0 fully saturated rings. The summed E-state index contributed by atoms with van der Waals surface area (Å²) < 4.78 is 0. The van der Waals surface area contributed by atoms with Crippen LogP contribution in [0.1, 0.15) is 50.1 Å². The summed E-state index contributed by atoms with van der Waals surface area (Å²) in [5.74, 6) is 16.1. The maximum atomic E-state index is 12.3. The third-order valence-electron chi connectivity index (χ3n) is 11.4.